The van der Waals surface area contributed by atoms with Gasteiger partial charge < -0.3 is 5.32 Å². The van der Waals surface area contributed by atoms with Gasteiger partial charge in [-0.25, -0.2) is 4.98 Å². The van der Waals surface area contributed by atoms with Gasteiger partial charge in [-0.3, -0.25) is 0 Å². The minimum absolute atomic E-state index is 0.577. The van der Waals surface area contributed by atoms with E-state index in [9.17, 15) is 0 Å². The van der Waals surface area contributed by atoms with Crippen molar-refractivity contribution in [3.8, 4) is 6.07 Å². The summed E-state index contributed by atoms with van der Waals surface area (Å²) in [6.07, 6.45) is 0. The molecule has 1 heterocycles. The molecule has 3 nitrogen and oxygen atoms in total. The lowest BCUT2D eigenvalue weighted by atomic mass is 10.2. The largest absolute Gasteiger partial charge is 0.339 e. The van der Waals surface area contributed by atoms with Gasteiger partial charge in [0, 0.05) is 5.69 Å². The minimum Gasteiger partial charge on any atom is -0.339 e. The second-order valence-electron chi connectivity index (χ2n) is 4.10. The summed E-state index contributed by atoms with van der Waals surface area (Å²) in [6.45, 7) is 3.83. The number of aromatic nitrogens is 1. The predicted molar refractivity (Wildman–Crippen MR) is 73.2 cm³/mol. The highest BCUT2D eigenvalue weighted by atomic mass is 35.5. The first-order chi connectivity index (χ1) is 8.58. The normalized spacial score (nSPS) is 9.89. The minimum atomic E-state index is 0.577. The molecular weight excluding hydrogens is 246 g/mol. The first-order valence-corrected chi connectivity index (χ1v) is 5.88. The fraction of sp³-hybridized carbons (Fsp3) is 0.143. The Kier molecular flexibility index (Phi) is 3.50. The number of halogens is 1. The number of aryl methyl sites for hydroxylation is 2. The molecule has 0 spiro atoms. The molecule has 0 aliphatic carbocycles. The molecule has 0 amide bonds. The Morgan fingerprint density at radius 3 is 2.67 bits per heavy atom. The van der Waals surface area contributed by atoms with Gasteiger partial charge in [-0.05, 0) is 43.7 Å². The van der Waals surface area contributed by atoms with E-state index >= 15 is 0 Å². The smallest absolute Gasteiger partial charge is 0.131 e. The van der Waals surface area contributed by atoms with Crippen LogP contribution in [-0.4, -0.2) is 4.98 Å². The second kappa shape index (κ2) is 5.07. The summed E-state index contributed by atoms with van der Waals surface area (Å²) in [7, 11) is 0. The number of nitrogens with zero attached hydrogens (tertiary/aromatic N) is 2. The second-order valence-corrected chi connectivity index (χ2v) is 4.51. The van der Waals surface area contributed by atoms with E-state index in [1.165, 1.54) is 0 Å². The van der Waals surface area contributed by atoms with E-state index in [1.54, 1.807) is 12.1 Å². The van der Waals surface area contributed by atoms with Gasteiger partial charge in [0.05, 0.1) is 22.3 Å². The Morgan fingerprint density at radius 2 is 2.00 bits per heavy atom. The average molecular weight is 258 g/mol. The molecule has 0 aliphatic rings. The van der Waals surface area contributed by atoms with Crippen LogP contribution in [0.15, 0.2) is 30.3 Å². The molecule has 0 bridgehead atoms. The van der Waals surface area contributed by atoms with Crippen LogP contribution >= 0.6 is 11.6 Å². The number of nitriles is 1. The zero-order chi connectivity index (χ0) is 13.1. The van der Waals surface area contributed by atoms with Crippen LogP contribution in [0.4, 0.5) is 11.5 Å². The number of pyridine rings is 1. The molecular formula is C14H12ClN3. The van der Waals surface area contributed by atoms with Gasteiger partial charge in [-0.2, -0.15) is 5.26 Å². The lowest BCUT2D eigenvalue weighted by Crippen LogP contribution is -1.97. The van der Waals surface area contributed by atoms with Gasteiger partial charge in [-0.15, -0.1) is 0 Å². The fourth-order valence-corrected chi connectivity index (χ4v) is 1.94. The maximum atomic E-state index is 8.91. The number of rotatable bonds is 2. The number of hydrogen-bond donors (Lipinski definition) is 1. The van der Waals surface area contributed by atoms with E-state index in [4.69, 9.17) is 16.9 Å². The number of benzene rings is 1. The van der Waals surface area contributed by atoms with Crippen LogP contribution in [0.1, 0.15) is 16.8 Å². The fourth-order valence-electron chi connectivity index (χ4n) is 1.66. The molecule has 1 aromatic heterocycles. The number of nitrogens with one attached hydrogen (secondary N) is 1. The molecule has 2 rings (SSSR count). The Hall–Kier alpha value is -2.05. The third-order valence-corrected chi connectivity index (χ3v) is 2.78. The molecule has 0 saturated carbocycles. The van der Waals surface area contributed by atoms with E-state index in [0.29, 0.717) is 16.4 Å². The first kappa shape index (κ1) is 12.4. The third-order valence-electron chi connectivity index (χ3n) is 2.47. The van der Waals surface area contributed by atoms with Crippen molar-refractivity contribution in [3.63, 3.8) is 0 Å². The molecule has 2 aromatic rings. The van der Waals surface area contributed by atoms with Crippen molar-refractivity contribution in [3.05, 3.63) is 52.2 Å². The van der Waals surface area contributed by atoms with Crippen molar-refractivity contribution < 1.29 is 0 Å². The van der Waals surface area contributed by atoms with E-state index in [2.05, 4.69) is 16.4 Å². The van der Waals surface area contributed by atoms with Gasteiger partial charge in [0.15, 0.2) is 0 Å². The van der Waals surface area contributed by atoms with Crippen molar-refractivity contribution in [2.75, 3.05) is 5.32 Å². The zero-order valence-electron chi connectivity index (χ0n) is 10.2. The summed E-state index contributed by atoms with van der Waals surface area (Å²) in [6, 6.07) is 11.3. The third kappa shape index (κ3) is 2.79. The maximum absolute atomic E-state index is 8.91. The lowest BCUT2D eigenvalue weighted by molar-refractivity contribution is 1.19. The van der Waals surface area contributed by atoms with Crippen molar-refractivity contribution in [1.29, 1.82) is 5.26 Å². The van der Waals surface area contributed by atoms with Crippen molar-refractivity contribution in [1.82, 2.24) is 4.98 Å². The summed E-state index contributed by atoms with van der Waals surface area (Å²) in [5.74, 6) is 0.623. The van der Waals surface area contributed by atoms with Crippen LogP contribution in [-0.2, 0) is 0 Å². The monoisotopic (exact) mass is 257 g/mol. The van der Waals surface area contributed by atoms with E-state index in [-0.39, 0.29) is 0 Å². The van der Waals surface area contributed by atoms with Crippen LogP contribution in [0, 0.1) is 25.2 Å². The molecule has 0 atom stereocenters. The van der Waals surface area contributed by atoms with Crippen molar-refractivity contribution >= 4 is 23.1 Å². The summed E-state index contributed by atoms with van der Waals surface area (Å²) in [4.78, 5) is 4.32. The molecule has 1 N–H and O–H groups in total. The van der Waals surface area contributed by atoms with Gasteiger partial charge in [0.2, 0.25) is 0 Å². The Labute approximate surface area is 111 Å². The molecule has 0 radical (unpaired) electrons. The van der Waals surface area contributed by atoms with Gasteiger partial charge in [0.25, 0.3) is 0 Å². The van der Waals surface area contributed by atoms with Crippen LogP contribution in [0.5, 0.6) is 0 Å². The summed E-state index contributed by atoms with van der Waals surface area (Å²) in [5, 5.41) is 12.7. The highest BCUT2D eigenvalue weighted by Gasteiger charge is 2.04. The van der Waals surface area contributed by atoms with Crippen LogP contribution in [0.2, 0.25) is 5.02 Å². The van der Waals surface area contributed by atoms with Crippen molar-refractivity contribution in [2.45, 2.75) is 13.8 Å². The Balaban J connectivity index is 2.34. The zero-order valence-corrected chi connectivity index (χ0v) is 10.9. The number of anilines is 2. The summed E-state index contributed by atoms with van der Waals surface area (Å²) >= 11 is 6.14. The molecule has 4 heteroatoms. The highest BCUT2D eigenvalue weighted by Crippen LogP contribution is 2.26. The average Bonchev–Trinajstić information content (AvgIpc) is 2.32. The molecule has 1 aromatic carbocycles. The molecule has 90 valence electrons. The van der Waals surface area contributed by atoms with E-state index in [0.717, 1.165) is 16.9 Å². The standard InChI is InChI=1S/C14H12ClN3/c1-9-3-4-13(12(15)5-9)18-14-7-11(8-16)6-10(2)17-14/h3-7H,1-2H3,(H,17,18). The van der Waals surface area contributed by atoms with Crippen LogP contribution in [0.3, 0.4) is 0 Å². The highest BCUT2D eigenvalue weighted by molar-refractivity contribution is 6.33. The molecule has 0 saturated heterocycles. The summed E-state index contributed by atoms with van der Waals surface area (Å²) < 4.78 is 0. The van der Waals surface area contributed by atoms with Gasteiger partial charge >= 0.3 is 0 Å². The predicted octanol–water partition coefficient (Wildman–Crippen LogP) is 3.97. The molecule has 18 heavy (non-hydrogen) atoms. The van der Waals surface area contributed by atoms with Gasteiger partial charge in [-0.1, -0.05) is 17.7 Å². The quantitative estimate of drug-likeness (QED) is 0.886. The Morgan fingerprint density at radius 1 is 1.22 bits per heavy atom. The molecule has 0 aliphatic heterocycles. The van der Waals surface area contributed by atoms with E-state index in [1.807, 2.05) is 32.0 Å². The van der Waals surface area contributed by atoms with Crippen LogP contribution in [0.25, 0.3) is 0 Å². The number of hydrogen-bond acceptors (Lipinski definition) is 3. The Bertz CT molecular complexity index is 629. The van der Waals surface area contributed by atoms with E-state index < -0.39 is 0 Å². The first-order valence-electron chi connectivity index (χ1n) is 5.50. The lowest BCUT2D eigenvalue weighted by Gasteiger charge is -2.09. The van der Waals surface area contributed by atoms with Gasteiger partial charge in [0.1, 0.15) is 5.82 Å². The summed E-state index contributed by atoms with van der Waals surface area (Å²) in [5.41, 5.74) is 3.25. The molecule has 0 fully saturated rings. The molecule has 0 unspecified atom stereocenters. The van der Waals surface area contributed by atoms with Crippen LogP contribution < -0.4 is 5.32 Å². The SMILES string of the molecule is Cc1ccc(Nc2cc(C#N)cc(C)n2)c(Cl)c1. The maximum Gasteiger partial charge on any atom is 0.131 e. The van der Waals surface area contributed by atoms with Crippen molar-refractivity contribution in [2.24, 2.45) is 0 Å². The topological polar surface area (TPSA) is 48.7 Å².